The molecule has 2 rings (SSSR count). The van der Waals surface area contributed by atoms with Gasteiger partial charge in [0, 0.05) is 13.1 Å². The third-order valence-corrected chi connectivity index (χ3v) is 2.86. The highest BCUT2D eigenvalue weighted by atomic mass is 35.5. The molecule has 0 saturated carbocycles. The van der Waals surface area contributed by atoms with Crippen molar-refractivity contribution in [2.45, 2.75) is 26.1 Å². The highest BCUT2D eigenvalue weighted by Crippen LogP contribution is 2.26. The van der Waals surface area contributed by atoms with Crippen molar-refractivity contribution in [1.29, 1.82) is 0 Å². The molecule has 6 heteroatoms. The number of aromatic nitrogens is 2. The average molecular weight is 262 g/mol. The van der Waals surface area contributed by atoms with E-state index in [0.717, 1.165) is 13.1 Å². The van der Waals surface area contributed by atoms with Gasteiger partial charge in [0.25, 0.3) is 0 Å². The molecule has 1 fully saturated rings. The second-order valence-electron chi connectivity index (χ2n) is 3.97. The fourth-order valence-corrected chi connectivity index (χ4v) is 2.25. The van der Waals surface area contributed by atoms with Crippen LogP contribution in [0.25, 0.3) is 0 Å². The molecule has 0 amide bonds. The minimum Gasteiger partial charge on any atom is -0.372 e. The Hall–Kier alpha value is -0.580. The van der Waals surface area contributed by atoms with Gasteiger partial charge in [-0.15, -0.1) is 0 Å². The smallest absolute Gasteiger partial charge is 0.224 e. The van der Waals surface area contributed by atoms with Gasteiger partial charge in [0.05, 0.1) is 18.4 Å². The van der Waals surface area contributed by atoms with Gasteiger partial charge in [-0.2, -0.15) is 4.98 Å². The molecule has 0 aliphatic carbocycles. The first-order valence-electron chi connectivity index (χ1n) is 5.14. The van der Waals surface area contributed by atoms with E-state index in [1.54, 1.807) is 0 Å². The molecule has 1 saturated heterocycles. The maximum Gasteiger partial charge on any atom is 0.224 e. The van der Waals surface area contributed by atoms with Gasteiger partial charge in [0.15, 0.2) is 5.82 Å². The molecule has 0 bridgehead atoms. The molecular weight excluding hydrogens is 249 g/mol. The number of morpholine rings is 1. The quantitative estimate of drug-likeness (QED) is 0.728. The third kappa shape index (κ3) is 2.56. The number of hydrogen-bond donors (Lipinski definition) is 0. The predicted molar refractivity (Wildman–Crippen MR) is 64.3 cm³/mol. The van der Waals surface area contributed by atoms with Crippen molar-refractivity contribution in [3.05, 3.63) is 16.5 Å². The van der Waals surface area contributed by atoms with Crippen molar-refractivity contribution >= 4 is 29.0 Å². The number of ether oxygens (including phenoxy) is 1. The predicted octanol–water partition coefficient (Wildman–Crippen LogP) is 2.40. The highest BCUT2D eigenvalue weighted by Gasteiger charge is 2.24. The van der Waals surface area contributed by atoms with Crippen LogP contribution in [0.15, 0.2) is 6.20 Å². The number of halogens is 2. The molecule has 16 heavy (non-hydrogen) atoms. The lowest BCUT2D eigenvalue weighted by Gasteiger charge is -2.36. The van der Waals surface area contributed by atoms with E-state index in [4.69, 9.17) is 27.9 Å². The summed E-state index contributed by atoms with van der Waals surface area (Å²) < 4.78 is 5.65. The fraction of sp³-hybridized carbons (Fsp3) is 0.600. The summed E-state index contributed by atoms with van der Waals surface area (Å²) in [5.41, 5.74) is 0. The zero-order valence-corrected chi connectivity index (χ0v) is 10.7. The number of hydrogen-bond acceptors (Lipinski definition) is 4. The molecule has 1 aliphatic rings. The number of rotatable bonds is 1. The summed E-state index contributed by atoms with van der Waals surface area (Å²) in [6.45, 7) is 5.58. The van der Waals surface area contributed by atoms with Gasteiger partial charge in [-0.3, -0.25) is 0 Å². The van der Waals surface area contributed by atoms with Crippen LogP contribution in [0.5, 0.6) is 0 Å². The Morgan fingerprint density at radius 1 is 1.31 bits per heavy atom. The highest BCUT2D eigenvalue weighted by molar-refractivity contribution is 6.33. The lowest BCUT2D eigenvalue weighted by molar-refractivity contribution is -0.00545. The zero-order valence-electron chi connectivity index (χ0n) is 9.15. The van der Waals surface area contributed by atoms with Crippen LogP contribution in [-0.4, -0.2) is 35.3 Å². The van der Waals surface area contributed by atoms with E-state index >= 15 is 0 Å². The zero-order chi connectivity index (χ0) is 11.7. The second kappa shape index (κ2) is 4.73. The molecule has 2 atom stereocenters. The van der Waals surface area contributed by atoms with Gasteiger partial charge >= 0.3 is 0 Å². The van der Waals surface area contributed by atoms with E-state index in [1.807, 2.05) is 13.8 Å². The molecule has 1 aromatic heterocycles. The minimum atomic E-state index is 0.161. The van der Waals surface area contributed by atoms with E-state index in [-0.39, 0.29) is 17.5 Å². The van der Waals surface area contributed by atoms with Gasteiger partial charge in [-0.1, -0.05) is 11.6 Å². The first-order valence-corrected chi connectivity index (χ1v) is 5.90. The molecule has 0 N–H and O–H groups in total. The van der Waals surface area contributed by atoms with E-state index in [2.05, 4.69) is 14.9 Å². The van der Waals surface area contributed by atoms with Crippen molar-refractivity contribution in [2.24, 2.45) is 0 Å². The van der Waals surface area contributed by atoms with Crippen LogP contribution in [0.2, 0.25) is 10.3 Å². The van der Waals surface area contributed by atoms with Crippen molar-refractivity contribution in [2.75, 3.05) is 18.0 Å². The number of nitrogens with zero attached hydrogens (tertiary/aromatic N) is 3. The summed E-state index contributed by atoms with van der Waals surface area (Å²) in [5.74, 6) is 0.684. The van der Waals surface area contributed by atoms with Crippen LogP contribution in [0.1, 0.15) is 13.8 Å². The fourth-order valence-electron chi connectivity index (χ4n) is 1.91. The van der Waals surface area contributed by atoms with E-state index < -0.39 is 0 Å². The maximum atomic E-state index is 6.06. The summed E-state index contributed by atoms with van der Waals surface area (Å²) in [4.78, 5) is 10.1. The topological polar surface area (TPSA) is 38.2 Å². The van der Waals surface area contributed by atoms with Crippen molar-refractivity contribution < 1.29 is 4.74 Å². The van der Waals surface area contributed by atoms with Crippen molar-refractivity contribution in [3.63, 3.8) is 0 Å². The molecule has 2 heterocycles. The summed E-state index contributed by atoms with van der Waals surface area (Å²) in [6, 6.07) is 0. The average Bonchev–Trinajstić information content (AvgIpc) is 2.20. The van der Waals surface area contributed by atoms with E-state index in [9.17, 15) is 0 Å². The molecular formula is C10H13Cl2N3O. The second-order valence-corrected chi connectivity index (χ2v) is 4.72. The van der Waals surface area contributed by atoms with Crippen LogP contribution >= 0.6 is 23.2 Å². The normalized spacial score (nSPS) is 25.9. The Labute approximate surface area is 105 Å². The lowest BCUT2D eigenvalue weighted by Crippen LogP contribution is -2.46. The Morgan fingerprint density at radius 3 is 2.56 bits per heavy atom. The molecule has 4 nitrogen and oxygen atoms in total. The Bertz CT molecular complexity index is 378. The monoisotopic (exact) mass is 261 g/mol. The molecule has 0 unspecified atom stereocenters. The lowest BCUT2D eigenvalue weighted by atomic mass is 10.2. The van der Waals surface area contributed by atoms with Gasteiger partial charge in [-0.05, 0) is 25.4 Å². The van der Waals surface area contributed by atoms with Gasteiger partial charge in [-0.25, -0.2) is 4.98 Å². The van der Waals surface area contributed by atoms with Crippen LogP contribution < -0.4 is 4.90 Å². The summed E-state index contributed by atoms with van der Waals surface area (Å²) in [5, 5.41) is 0.733. The molecule has 0 aromatic carbocycles. The number of anilines is 1. The molecule has 88 valence electrons. The Morgan fingerprint density at radius 2 is 1.94 bits per heavy atom. The van der Waals surface area contributed by atoms with Gasteiger partial charge < -0.3 is 9.64 Å². The van der Waals surface area contributed by atoms with E-state index in [0.29, 0.717) is 10.8 Å². The molecule has 1 aromatic rings. The van der Waals surface area contributed by atoms with Crippen molar-refractivity contribution in [1.82, 2.24) is 9.97 Å². The van der Waals surface area contributed by atoms with Gasteiger partial charge in [0.1, 0.15) is 5.02 Å². The molecule has 1 aliphatic heterocycles. The molecule has 0 spiro atoms. The summed E-state index contributed by atoms with van der Waals surface area (Å²) in [7, 11) is 0. The van der Waals surface area contributed by atoms with Gasteiger partial charge in [0.2, 0.25) is 5.28 Å². The Balaban J connectivity index is 2.25. The van der Waals surface area contributed by atoms with Crippen LogP contribution in [0, 0.1) is 0 Å². The maximum absolute atomic E-state index is 6.06. The largest absolute Gasteiger partial charge is 0.372 e. The first-order chi connectivity index (χ1) is 7.56. The minimum absolute atomic E-state index is 0.161. The standard InChI is InChI=1S/C10H13Cl2N3O/c1-6-4-15(5-7(2)16-6)9-8(11)3-13-10(12)14-9/h3,6-7H,4-5H2,1-2H3/t6-,7+. The molecule has 0 radical (unpaired) electrons. The van der Waals surface area contributed by atoms with Crippen LogP contribution in [0.4, 0.5) is 5.82 Å². The van der Waals surface area contributed by atoms with Crippen LogP contribution in [-0.2, 0) is 4.74 Å². The third-order valence-electron chi connectivity index (χ3n) is 2.42. The summed E-state index contributed by atoms with van der Waals surface area (Å²) >= 11 is 11.8. The van der Waals surface area contributed by atoms with E-state index in [1.165, 1.54) is 6.20 Å². The summed E-state index contributed by atoms with van der Waals surface area (Å²) in [6.07, 6.45) is 1.85. The first kappa shape index (κ1) is 11.9. The van der Waals surface area contributed by atoms with Crippen LogP contribution in [0.3, 0.4) is 0 Å². The van der Waals surface area contributed by atoms with Crippen molar-refractivity contribution in [3.8, 4) is 0 Å². The Kier molecular flexibility index (Phi) is 3.52. The SMILES string of the molecule is C[C@@H]1CN(c2nc(Cl)ncc2Cl)C[C@H](C)O1.